The van der Waals surface area contributed by atoms with Crippen LogP contribution in [-0.4, -0.2) is 68.6 Å². The van der Waals surface area contributed by atoms with Crippen LogP contribution in [0.1, 0.15) is 12.8 Å². The number of thiocarbonyl (C=S) groups is 1. The number of cyclic esters (lactones) is 1. The molecule has 3 aliphatic rings. The predicted molar refractivity (Wildman–Crippen MR) is 112 cm³/mol. The van der Waals surface area contributed by atoms with Gasteiger partial charge < -0.3 is 19.7 Å². The lowest BCUT2D eigenvalue weighted by molar-refractivity contribution is 0.142. The number of benzene rings is 1. The summed E-state index contributed by atoms with van der Waals surface area (Å²) in [6.45, 7) is 3.05. The molecule has 2 aliphatic heterocycles. The normalized spacial score (nSPS) is 21.4. The minimum Gasteiger partial charge on any atom is -0.474 e. The Morgan fingerprint density at radius 3 is 2.90 bits per heavy atom. The fourth-order valence-electron chi connectivity index (χ4n) is 3.40. The van der Waals surface area contributed by atoms with E-state index in [0.29, 0.717) is 31.0 Å². The molecule has 1 aromatic carbocycles. The van der Waals surface area contributed by atoms with Gasteiger partial charge in [0.1, 0.15) is 18.3 Å². The van der Waals surface area contributed by atoms with Gasteiger partial charge in [0.25, 0.3) is 5.17 Å². The summed E-state index contributed by atoms with van der Waals surface area (Å²) in [6, 6.07) is 4.75. The molecule has 2 heterocycles. The summed E-state index contributed by atoms with van der Waals surface area (Å²) in [5.41, 5.74) is 0.900. The number of ether oxygens (including phenoxy) is 2. The molecule has 0 radical (unpaired) electrons. The van der Waals surface area contributed by atoms with Crippen molar-refractivity contribution in [3.05, 3.63) is 24.0 Å². The van der Waals surface area contributed by atoms with E-state index in [-0.39, 0.29) is 5.17 Å². The van der Waals surface area contributed by atoms with Crippen molar-refractivity contribution in [2.24, 2.45) is 11.0 Å². The Bertz CT molecular complexity index is 819. The molecule has 0 bridgehead atoms. The molecule has 1 saturated carbocycles. The molecule has 156 valence electrons. The number of nitrogens with one attached hydrogen (secondary N) is 1. The highest BCUT2D eigenvalue weighted by molar-refractivity contribution is 7.80. The number of carbonyl (C=O) groups excluding carboxylic acids is 1. The van der Waals surface area contributed by atoms with E-state index in [4.69, 9.17) is 21.7 Å². The van der Waals surface area contributed by atoms with Crippen molar-refractivity contribution >= 4 is 41.2 Å². The summed E-state index contributed by atoms with van der Waals surface area (Å²) in [5.74, 6) is 0.360. The van der Waals surface area contributed by atoms with Crippen LogP contribution in [0.5, 0.6) is 0 Å². The molecule has 1 aliphatic carbocycles. The minimum absolute atomic E-state index is 0.230. The maximum Gasteiger partial charge on any atom is 0.414 e. The number of hydrogen-bond acceptors (Lipinski definition) is 7. The van der Waals surface area contributed by atoms with E-state index in [1.807, 2.05) is 5.01 Å². The second-order valence-electron chi connectivity index (χ2n) is 7.40. The Morgan fingerprint density at radius 1 is 1.41 bits per heavy atom. The number of nitrogens with zero attached hydrogens (tertiary/aromatic N) is 4. The number of anilines is 2. The Labute approximate surface area is 174 Å². The standard InChI is InChI=1S/C19H24FN5O3S/c1-27-18(29)21-9-15-11-25(19(26)28-15)14-4-5-17(16(20)8-14)23-6-7-24(22-12-23)10-13-2-3-13/h4-5,8,12-13,15H,2-3,6-7,9-11H2,1H3,(H,21,29). The third-order valence-electron chi connectivity index (χ3n) is 5.21. The van der Waals surface area contributed by atoms with Gasteiger partial charge in [0, 0.05) is 13.1 Å². The molecule has 1 unspecified atom stereocenters. The van der Waals surface area contributed by atoms with E-state index in [2.05, 4.69) is 10.4 Å². The molecule has 1 atom stereocenters. The van der Waals surface area contributed by atoms with Gasteiger partial charge in [-0.1, -0.05) is 0 Å². The van der Waals surface area contributed by atoms with Crippen molar-refractivity contribution in [1.82, 2.24) is 10.3 Å². The fourth-order valence-corrected chi connectivity index (χ4v) is 3.48. The van der Waals surface area contributed by atoms with Gasteiger partial charge in [-0.3, -0.25) is 9.91 Å². The molecule has 1 aromatic rings. The van der Waals surface area contributed by atoms with Gasteiger partial charge >= 0.3 is 6.09 Å². The summed E-state index contributed by atoms with van der Waals surface area (Å²) >= 11 is 4.91. The number of halogens is 1. The molecule has 1 amide bonds. The summed E-state index contributed by atoms with van der Waals surface area (Å²) < 4.78 is 25.0. The van der Waals surface area contributed by atoms with Gasteiger partial charge in [0.15, 0.2) is 0 Å². The van der Waals surface area contributed by atoms with Crippen LogP contribution in [0.4, 0.5) is 20.6 Å². The summed E-state index contributed by atoms with van der Waals surface area (Å²) in [6.07, 6.45) is 3.32. The maximum atomic E-state index is 14.8. The van der Waals surface area contributed by atoms with Gasteiger partial charge in [0.2, 0.25) is 0 Å². The topological polar surface area (TPSA) is 69.6 Å². The number of rotatable bonds is 6. The van der Waals surface area contributed by atoms with Crippen LogP contribution in [-0.2, 0) is 9.47 Å². The first kappa shape index (κ1) is 19.7. The van der Waals surface area contributed by atoms with E-state index >= 15 is 0 Å². The summed E-state index contributed by atoms with van der Waals surface area (Å²) in [5, 5.41) is 9.56. The van der Waals surface area contributed by atoms with Crippen LogP contribution in [0.15, 0.2) is 23.3 Å². The average molecular weight is 421 g/mol. The Hall–Kier alpha value is -2.62. The molecular weight excluding hydrogens is 397 g/mol. The van der Waals surface area contributed by atoms with Gasteiger partial charge in [0.05, 0.1) is 38.1 Å². The molecule has 4 rings (SSSR count). The Morgan fingerprint density at radius 2 is 2.24 bits per heavy atom. The highest BCUT2D eigenvalue weighted by Crippen LogP contribution is 2.31. The van der Waals surface area contributed by atoms with E-state index < -0.39 is 18.0 Å². The number of carbonyl (C=O) groups is 1. The molecule has 0 spiro atoms. The largest absolute Gasteiger partial charge is 0.474 e. The van der Waals surface area contributed by atoms with Gasteiger partial charge in [-0.05, 0) is 49.2 Å². The molecule has 10 heteroatoms. The summed E-state index contributed by atoms with van der Waals surface area (Å²) in [4.78, 5) is 15.4. The first-order valence-corrected chi connectivity index (χ1v) is 10.1. The highest BCUT2D eigenvalue weighted by Gasteiger charge is 2.33. The minimum atomic E-state index is -0.512. The monoisotopic (exact) mass is 421 g/mol. The van der Waals surface area contributed by atoms with E-state index in [1.54, 1.807) is 23.4 Å². The van der Waals surface area contributed by atoms with Gasteiger partial charge in [-0.15, -0.1) is 0 Å². The Balaban J connectivity index is 1.38. The molecule has 2 fully saturated rings. The number of hydrogen-bond donors (Lipinski definition) is 1. The lowest BCUT2D eigenvalue weighted by Gasteiger charge is -2.30. The first-order chi connectivity index (χ1) is 14.0. The highest BCUT2D eigenvalue weighted by atomic mass is 32.1. The Kier molecular flexibility index (Phi) is 5.70. The maximum absolute atomic E-state index is 14.8. The molecule has 0 aromatic heterocycles. The molecular formula is C19H24FN5O3S. The van der Waals surface area contributed by atoms with Crippen LogP contribution < -0.4 is 15.1 Å². The van der Waals surface area contributed by atoms with Crippen LogP contribution in [0.3, 0.4) is 0 Å². The van der Waals surface area contributed by atoms with Gasteiger partial charge in [-0.2, -0.15) is 5.10 Å². The van der Waals surface area contributed by atoms with Crippen molar-refractivity contribution in [2.75, 3.05) is 49.6 Å². The average Bonchev–Trinajstić information content (AvgIpc) is 3.46. The molecule has 29 heavy (non-hydrogen) atoms. The summed E-state index contributed by atoms with van der Waals surface area (Å²) in [7, 11) is 1.46. The van der Waals surface area contributed by atoms with Crippen LogP contribution in [0.25, 0.3) is 0 Å². The second-order valence-corrected chi connectivity index (χ2v) is 7.78. The van der Waals surface area contributed by atoms with Crippen molar-refractivity contribution in [2.45, 2.75) is 18.9 Å². The van der Waals surface area contributed by atoms with Crippen molar-refractivity contribution < 1.29 is 18.7 Å². The lowest BCUT2D eigenvalue weighted by atomic mass is 10.2. The van der Waals surface area contributed by atoms with Crippen LogP contribution >= 0.6 is 12.2 Å². The third-order valence-corrected chi connectivity index (χ3v) is 5.52. The SMILES string of the molecule is COC(=S)NCC1CN(c2ccc(N3C=NN(CC4CC4)CC3)c(F)c2)C(=O)O1. The fraction of sp³-hybridized carbons (Fsp3) is 0.526. The number of methoxy groups -OCH3 is 1. The van der Waals surface area contributed by atoms with E-state index in [0.717, 1.165) is 19.0 Å². The van der Waals surface area contributed by atoms with E-state index in [9.17, 15) is 9.18 Å². The van der Waals surface area contributed by atoms with Crippen molar-refractivity contribution in [1.29, 1.82) is 0 Å². The zero-order chi connectivity index (χ0) is 20.4. The molecule has 1 N–H and O–H groups in total. The number of hydrazone groups is 1. The van der Waals surface area contributed by atoms with Crippen LogP contribution in [0, 0.1) is 11.7 Å². The molecule has 8 nitrogen and oxygen atoms in total. The smallest absolute Gasteiger partial charge is 0.414 e. The van der Waals surface area contributed by atoms with Crippen LogP contribution in [0.2, 0.25) is 0 Å². The lowest BCUT2D eigenvalue weighted by Crippen LogP contribution is -2.39. The first-order valence-electron chi connectivity index (χ1n) is 9.68. The zero-order valence-electron chi connectivity index (χ0n) is 16.2. The second kappa shape index (κ2) is 8.40. The van der Waals surface area contributed by atoms with E-state index in [1.165, 1.54) is 30.9 Å². The van der Waals surface area contributed by atoms with Gasteiger partial charge in [-0.25, -0.2) is 9.18 Å². The zero-order valence-corrected chi connectivity index (χ0v) is 17.0. The van der Waals surface area contributed by atoms with Crippen molar-refractivity contribution in [3.63, 3.8) is 0 Å². The third kappa shape index (κ3) is 4.69. The molecule has 1 saturated heterocycles. The predicted octanol–water partition coefficient (Wildman–Crippen LogP) is 2.15. The number of amides is 1. The van der Waals surface area contributed by atoms with Crippen molar-refractivity contribution in [3.8, 4) is 0 Å². The quantitative estimate of drug-likeness (QED) is 0.706.